The van der Waals surface area contributed by atoms with Crippen molar-refractivity contribution in [2.24, 2.45) is 11.7 Å². The van der Waals surface area contributed by atoms with Crippen LogP contribution >= 0.6 is 0 Å². The molecule has 0 saturated carbocycles. The van der Waals surface area contributed by atoms with Crippen LogP contribution in [0.15, 0.2) is 0 Å². The summed E-state index contributed by atoms with van der Waals surface area (Å²) in [7, 11) is 1.75. The van der Waals surface area contributed by atoms with Gasteiger partial charge in [0.05, 0.1) is 6.61 Å². The Kier molecular flexibility index (Phi) is 9.06. The van der Waals surface area contributed by atoms with Gasteiger partial charge < -0.3 is 10.5 Å². The summed E-state index contributed by atoms with van der Waals surface area (Å²) in [6, 6.07) is 0.575. The van der Waals surface area contributed by atoms with Crippen LogP contribution in [0.3, 0.4) is 0 Å². The minimum absolute atomic E-state index is 0.575. The van der Waals surface area contributed by atoms with Gasteiger partial charge in [-0.2, -0.15) is 0 Å². The number of ether oxygens (including phenoxy) is 1. The zero-order valence-electron chi connectivity index (χ0n) is 10.8. The van der Waals surface area contributed by atoms with Gasteiger partial charge in [-0.05, 0) is 32.7 Å². The fourth-order valence-electron chi connectivity index (χ4n) is 1.79. The van der Waals surface area contributed by atoms with E-state index >= 15 is 0 Å². The molecule has 0 amide bonds. The molecular formula is C12H28N2O. The van der Waals surface area contributed by atoms with E-state index in [1.807, 2.05) is 0 Å². The molecule has 3 heteroatoms. The predicted octanol–water partition coefficient (Wildman–Crippen LogP) is 1.72. The Bertz CT molecular complexity index is 140. The van der Waals surface area contributed by atoms with Crippen molar-refractivity contribution in [1.29, 1.82) is 0 Å². The van der Waals surface area contributed by atoms with Gasteiger partial charge in [-0.1, -0.05) is 13.3 Å². The number of hydrogen-bond donors (Lipinski definition) is 1. The molecule has 15 heavy (non-hydrogen) atoms. The summed E-state index contributed by atoms with van der Waals surface area (Å²) in [6.07, 6.45) is 2.45. The van der Waals surface area contributed by atoms with Gasteiger partial charge in [0.1, 0.15) is 0 Å². The van der Waals surface area contributed by atoms with Gasteiger partial charge in [0.2, 0.25) is 0 Å². The molecule has 0 aliphatic rings. The first-order chi connectivity index (χ1) is 7.15. The molecule has 0 bridgehead atoms. The maximum atomic E-state index is 5.78. The maximum absolute atomic E-state index is 5.78. The fraction of sp³-hybridized carbons (Fsp3) is 1.00. The lowest BCUT2D eigenvalue weighted by atomic mass is 10.0. The smallest absolute Gasteiger partial charge is 0.0589 e. The van der Waals surface area contributed by atoms with Gasteiger partial charge in [0, 0.05) is 26.2 Å². The molecule has 0 saturated heterocycles. The van der Waals surface area contributed by atoms with Crippen molar-refractivity contribution in [2.75, 3.05) is 33.4 Å². The van der Waals surface area contributed by atoms with Gasteiger partial charge >= 0.3 is 0 Å². The van der Waals surface area contributed by atoms with Crippen LogP contribution in [0.2, 0.25) is 0 Å². The van der Waals surface area contributed by atoms with Crippen LogP contribution in [0.1, 0.15) is 33.6 Å². The van der Waals surface area contributed by atoms with Crippen molar-refractivity contribution in [3.63, 3.8) is 0 Å². The third kappa shape index (κ3) is 6.88. The highest BCUT2D eigenvalue weighted by molar-refractivity contribution is 4.69. The second kappa shape index (κ2) is 9.13. The van der Waals surface area contributed by atoms with E-state index in [0.717, 1.165) is 26.2 Å². The lowest BCUT2D eigenvalue weighted by molar-refractivity contribution is 0.115. The number of rotatable bonds is 9. The van der Waals surface area contributed by atoms with Crippen LogP contribution in [0.4, 0.5) is 0 Å². The quantitative estimate of drug-likeness (QED) is 0.638. The molecular weight excluding hydrogens is 188 g/mol. The molecule has 92 valence electrons. The highest BCUT2D eigenvalue weighted by atomic mass is 16.5. The zero-order chi connectivity index (χ0) is 11.7. The van der Waals surface area contributed by atoms with Crippen molar-refractivity contribution in [1.82, 2.24) is 4.90 Å². The summed E-state index contributed by atoms with van der Waals surface area (Å²) in [5, 5.41) is 0. The molecule has 3 nitrogen and oxygen atoms in total. The van der Waals surface area contributed by atoms with Gasteiger partial charge in [0.15, 0.2) is 0 Å². The highest BCUT2D eigenvalue weighted by Crippen LogP contribution is 2.09. The lowest BCUT2D eigenvalue weighted by Gasteiger charge is -2.29. The molecule has 0 aromatic carbocycles. The second-order valence-electron chi connectivity index (χ2n) is 4.47. The first-order valence-corrected chi connectivity index (χ1v) is 6.08. The molecule has 0 aromatic rings. The van der Waals surface area contributed by atoms with Gasteiger partial charge in [0.25, 0.3) is 0 Å². The monoisotopic (exact) mass is 216 g/mol. The Balaban J connectivity index is 4.00. The summed E-state index contributed by atoms with van der Waals surface area (Å²) in [4.78, 5) is 2.46. The van der Waals surface area contributed by atoms with E-state index in [0.29, 0.717) is 12.0 Å². The number of hydrogen-bond acceptors (Lipinski definition) is 3. The van der Waals surface area contributed by atoms with Gasteiger partial charge in [-0.25, -0.2) is 0 Å². The van der Waals surface area contributed by atoms with Gasteiger partial charge in [-0.15, -0.1) is 0 Å². The average Bonchev–Trinajstić information content (AvgIpc) is 2.22. The molecule has 1 atom stereocenters. The van der Waals surface area contributed by atoms with E-state index in [4.69, 9.17) is 10.5 Å². The molecule has 0 rings (SSSR count). The van der Waals surface area contributed by atoms with Crippen molar-refractivity contribution in [3.8, 4) is 0 Å². The predicted molar refractivity (Wildman–Crippen MR) is 66.0 cm³/mol. The van der Waals surface area contributed by atoms with E-state index in [1.54, 1.807) is 7.11 Å². The summed E-state index contributed by atoms with van der Waals surface area (Å²) >= 11 is 0. The summed E-state index contributed by atoms with van der Waals surface area (Å²) in [5.74, 6) is 0.634. The van der Waals surface area contributed by atoms with E-state index in [-0.39, 0.29) is 0 Å². The maximum Gasteiger partial charge on any atom is 0.0589 e. The Morgan fingerprint density at radius 3 is 2.40 bits per heavy atom. The summed E-state index contributed by atoms with van der Waals surface area (Å²) < 4.78 is 5.12. The third-order valence-corrected chi connectivity index (χ3v) is 2.84. The Labute approximate surface area is 95.0 Å². The second-order valence-corrected chi connectivity index (χ2v) is 4.47. The molecule has 0 aliphatic carbocycles. The van der Waals surface area contributed by atoms with Crippen LogP contribution in [0, 0.1) is 5.92 Å². The SMILES string of the molecule is CCCC(CN)CN(CCOC)C(C)C. The van der Waals surface area contributed by atoms with Gasteiger partial charge in [-0.3, -0.25) is 4.90 Å². The van der Waals surface area contributed by atoms with Crippen LogP contribution in [-0.2, 0) is 4.74 Å². The van der Waals surface area contributed by atoms with Crippen molar-refractivity contribution in [2.45, 2.75) is 39.7 Å². The topological polar surface area (TPSA) is 38.5 Å². The van der Waals surface area contributed by atoms with Crippen LogP contribution < -0.4 is 5.73 Å². The van der Waals surface area contributed by atoms with Crippen LogP contribution in [0.5, 0.6) is 0 Å². The Morgan fingerprint density at radius 2 is 2.00 bits per heavy atom. The number of nitrogens with zero attached hydrogens (tertiary/aromatic N) is 1. The molecule has 2 N–H and O–H groups in total. The fourth-order valence-corrected chi connectivity index (χ4v) is 1.79. The van der Waals surface area contributed by atoms with E-state index in [9.17, 15) is 0 Å². The van der Waals surface area contributed by atoms with E-state index in [2.05, 4.69) is 25.7 Å². The summed E-state index contributed by atoms with van der Waals surface area (Å²) in [5.41, 5.74) is 5.78. The molecule has 0 fully saturated rings. The molecule has 0 aromatic heterocycles. The molecule has 0 radical (unpaired) electrons. The Morgan fingerprint density at radius 1 is 1.33 bits per heavy atom. The van der Waals surface area contributed by atoms with Crippen molar-refractivity contribution in [3.05, 3.63) is 0 Å². The summed E-state index contributed by atoms with van der Waals surface area (Å²) in [6.45, 7) is 10.4. The Hall–Kier alpha value is -0.120. The van der Waals surface area contributed by atoms with Crippen LogP contribution in [0.25, 0.3) is 0 Å². The first kappa shape index (κ1) is 14.9. The van der Waals surface area contributed by atoms with E-state index in [1.165, 1.54) is 12.8 Å². The first-order valence-electron chi connectivity index (χ1n) is 6.08. The molecule has 0 heterocycles. The molecule has 0 aliphatic heterocycles. The van der Waals surface area contributed by atoms with Crippen molar-refractivity contribution < 1.29 is 4.74 Å². The minimum atomic E-state index is 0.575. The average molecular weight is 216 g/mol. The van der Waals surface area contributed by atoms with E-state index < -0.39 is 0 Å². The number of methoxy groups -OCH3 is 1. The third-order valence-electron chi connectivity index (χ3n) is 2.84. The normalized spacial score (nSPS) is 13.8. The van der Waals surface area contributed by atoms with Crippen LogP contribution in [-0.4, -0.2) is 44.3 Å². The molecule has 0 spiro atoms. The largest absolute Gasteiger partial charge is 0.383 e. The highest BCUT2D eigenvalue weighted by Gasteiger charge is 2.14. The standard InChI is InChI=1S/C12H28N2O/c1-5-6-12(9-13)10-14(11(2)3)7-8-15-4/h11-12H,5-10,13H2,1-4H3. The molecule has 1 unspecified atom stereocenters. The lowest BCUT2D eigenvalue weighted by Crippen LogP contribution is -2.39. The van der Waals surface area contributed by atoms with Crippen molar-refractivity contribution >= 4 is 0 Å². The number of nitrogens with two attached hydrogens (primary N) is 1. The zero-order valence-corrected chi connectivity index (χ0v) is 10.8. The minimum Gasteiger partial charge on any atom is -0.383 e.